The van der Waals surface area contributed by atoms with Crippen LogP contribution in [0.15, 0.2) is 48.8 Å². The van der Waals surface area contributed by atoms with Crippen molar-refractivity contribution in [2.24, 2.45) is 11.8 Å². The van der Waals surface area contributed by atoms with Gasteiger partial charge in [-0.1, -0.05) is 12.1 Å². The average molecular weight is 377 g/mol. The fourth-order valence-corrected chi connectivity index (χ4v) is 4.86. The predicted molar refractivity (Wildman–Crippen MR) is 105 cm³/mol. The Labute approximate surface area is 163 Å². The molecule has 5 rings (SSSR count). The van der Waals surface area contributed by atoms with Crippen LogP contribution in [0.4, 0.5) is 11.6 Å². The lowest BCUT2D eigenvalue weighted by atomic mass is 9.73. The maximum Gasteiger partial charge on any atom is 0.232 e. The van der Waals surface area contributed by atoms with Crippen molar-refractivity contribution >= 4 is 23.5 Å². The van der Waals surface area contributed by atoms with E-state index in [0.717, 1.165) is 12.8 Å². The standard InChI is InChI=1S/C21H23N5O2/c27-20-14-13-15-17(8-12-26(21(15)28)19-6-2-4-10-23-19)24-16(14)7-11-25(20)18-5-1-3-9-22-18/h1-6,9-10,14-17,24H,7-8,11-13H2. The molecule has 2 aromatic heterocycles. The highest BCUT2D eigenvalue weighted by Crippen LogP contribution is 2.37. The van der Waals surface area contributed by atoms with Crippen molar-refractivity contribution in [3.05, 3.63) is 48.8 Å². The molecule has 0 spiro atoms. The molecule has 0 radical (unpaired) electrons. The predicted octanol–water partition coefficient (Wildman–Crippen LogP) is 1.61. The first kappa shape index (κ1) is 17.3. The third kappa shape index (κ3) is 2.86. The highest BCUT2D eigenvalue weighted by Gasteiger charge is 2.49. The molecule has 4 atom stereocenters. The van der Waals surface area contributed by atoms with Gasteiger partial charge >= 0.3 is 0 Å². The summed E-state index contributed by atoms with van der Waals surface area (Å²) in [5.41, 5.74) is 0. The lowest BCUT2D eigenvalue weighted by Crippen LogP contribution is -2.65. The quantitative estimate of drug-likeness (QED) is 0.860. The van der Waals surface area contributed by atoms with Crippen molar-refractivity contribution < 1.29 is 9.59 Å². The Bertz CT molecular complexity index is 803. The number of rotatable bonds is 2. The minimum atomic E-state index is -0.190. The van der Waals surface area contributed by atoms with E-state index in [-0.39, 0.29) is 35.7 Å². The molecule has 3 saturated heterocycles. The highest BCUT2D eigenvalue weighted by molar-refractivity contribution is 5.98. The van der Waals surface area contributed by atoms with Crippen LogP contribution in [0.5, 0.6) is 0 Å². The minimum absolute atomic E-state index is 0.0728. The Morgan fingerprint density at radius 3 is 1.71 bits per heavy atom. The number of nitrogens with zero attached hydrogens (tertiary/aromatic N) is 4. The number of aromatic nitrogens is 2. The second kappa shape index (κ2) is 6.98. The van der Waals surface area contributed by atoms with Gasteiger partial charge in [0.15, 0.2) is 0 Å². The molecule has 4 unspecified atom stereocenters. The van der Waals surface area contributed by atoms with Gasteiger partial charge in [0.2, 0.25) is 11.8 Å². The summed E-state index contributed by atoms with van der Waals surface area (Å²) < 4.78 is 0. The third-order valence-electron chi connectivity index (χ3n) is 6.25. The monoisotopic (exact) mass is 377 g/mol. The van der Waals surface area contributed by atoms with Crippen LogP contribution in [0, 0.1) is 11.8 Å². The summed E-state index contributed by atoms with van der Waals surface area (Å²) in [4.78, 5) is 38.6. The SMILES string of the molecule is O=C1C2CC3C(=O)N(c4ccccn4)CCC3NC2CCN1c1ccccn1. The van der Waals surface area contributed by atoms with Gasteiger partial charge in [-0.3, -0.25) is 19.4 Å². The lowest BCUT2D eigenvalue weighted by molar-refractivity contribution is -0.132. The van der Waals surface area contributed by atoms with Crippen LogP contribution in [0.1, 0.15) is 19.3 Å². The molecular formula is C21H23N5O2. The summed E-state index contributed by atoms with van der Waals surface area (Å²) in [6.07, 6.45) is 5.77. The van der Waals surface area contributed by atoms with Crippen LogP contribution in [0.2, 0.25) is 0 Å². The van der Waals surface area contributed by atoms with Gasteiger partial charge in [0.1, 0.15) is 11.6 Å². The van der Waals surface area contributed by atoms with Gasteiger partial charge in [0.05, 0.1) is 11.8 Å². The third-order valence-corrected chi connectivity index (χ3v) is 6.25. The molecule has 2 aromatic rings. The van der Waals surface area contributed by atoms with Crippen LogP contribution in [-0.4, -0.2) is 47.0 Å². The maximum absolute atomic E-state index is 13.2. The van der Waals surface area contributed by atoms with Crippen molar-refractivity contribution in [3.8, 4) is 0 Å². The van der Waals surface area contributed by atoms with E-state index in [1.54, 1.807) is 22.2 Å². The van der Waals surface area contributed by atoms with E-state index >= 15 is 0 Å². The molecule has 1 N–H and O–H groups in total. The Morgan fingerprint density at radius 2 is 1.29 bits per heavy atom. The molecule has 3 fully saturated rings. The van der Waals surface area contributed by atoms with E-state index in [9.17, 15) is 9.59 Å². The van der Waals surface area contributed by atoms with Crippen LogP contribution in [-0.2, 0) is 9.59 Å². The van der Waals surface area contributed by atoms with Gasteiger partial charge in [-0.2, -0.15) is 0 Å². The molecule has 28 heavy (non-hydrogen) atoms. The number of piperidine rings is 3. The van der Waals surface area contributed by atoms with Gasteiger partial charge < -0.3 is 5.32 Å². The molecule has 0 aromatic carbocycles. The second-order valence-corrected chi connectivity index (χ2v) is 7.76. The number of fused-ring (bicyclic) bond motifs is 2. The zero-order valence-corrected chi connectivity index (χ0v) is 15.6. The Balaban J connectivity index is 1.37. The molecule has 7 heteroatoms. The second-order valence-electron chi connectivity index (χ2n) is 7.76. The summed E-state index contributed by atoms with van der Waals surface area (Å²) in [6, 6.07) is 11.5. The Hall–Kier alpha value is -2.80. The fourth-order valence-electron chi connectivity index (χ4n) is 4.86. The normalized spacial score (nSPS) is 30.0. The number of carbonyl (C=O) groups excluding carboxylic acids is 2. The molecule has 144 valence electrons. The first-order valence-corrected chi connectivity index (χ1v) is 9.93. The zero-order valence-electron chi connectivity index (χ0n) is 15.6. The van der Waals surface area contributed by atoms with Gasteiger partial charge in [-0.05, 0) is 43.5 Å². The number of carbonyl (C=O) groups is 2. The van der Waals surface area contributed by atoms with Crippen molar-refractivity contribution in [2.45, 2.75) is 31.3 Å². The molecule has 7 nitrogen and oxygen atoms in total. The van der Waals surface area contributed by atoms with Crippen molar-refractivity contribution in [1.29, 1.82) is 0 Å². The highest BCUT2D eigenvalue weighted by atomic mass is 16.2. The summed E-state index contributed by atoms with van der Waals surface area (Å²) in [7, 11) is 0. The molecular weight excluding hydrogens is 354 g/mol. The minimum Gasteiger partial charge on any atom is -0.310 e. The molecule has 3 aliphatic heterocycles. The molecule has 0 aliphatic carbocycles. The summed E-state index contributed by atoms with van der Waals surface area (Å²) in [5, 5.41) is 3.63. The van der Waals surface area contributed by atoms with Crippen LogP contribution < -0.4 is 15.1 Å². The Kier molecular flexibility index (Phi) is 4.31. The largest absolute Gasteiger partial charge is 0.310 e. The van der Waals surface area contributed by atoms with E-state index in [1.165, 1.54) is 0 Å². The lowest BCUT2D eigenvalue weighted by Gasteiger charge is -2.49. The van der Waals surface area contributed by atoms with E-state index in [0.29, 0.717) is 31.1 Å². The van der Waals surface area contributed by atoms with E-state index in [4.69, 9.17) is 0 Å². The van der Waals surface area contributed by atoms with Gasteiger partial charge in [0.25, 0.3) is 0 Å². The maximum atomic E-state index is 13.2. The summed E-state index contributed by atoms with van der Waals surface area (Å²) in [6.45, 7) is 1.32. The number of pyridine rings is 2. The molecule has 0 saturated carbocycles. The van der Waals surface area contributed by atoms with Crippen LogP contribution >= 0.6 is 0 Å². The number of amides is 2. The first-order chi connectivity index (χ1) is 13.7. The number of nitrogens with one attached hydrogen (secondary N) is 1. The van der Waals surface area contributed by atoms with Crippen molar-refractivity contribution in [3.63, 3.8) is 0 Å². The van der Waals surface area contributed by atoms with Gasteiger partial charge in [-0.25, -0.2) is 9.97 Å². The van der Waals surface area contributed by atoms with Crippen LogP contribution in [0.25, 0.3) is 0 Å². The summed E-state index contributed by atoms with van der Waals surface area (Å²) >= 11 is 0. The van der Waals surface area contributed by atoms with E-state index < -0.39 is 0 Å². The number of hydrogen-bond acceptors (Lipinski definition) is 5. The smallest absolute Gasteiger partial charge is 0.232 e. The fraction of sp³-hybridized carbons (Fsp3) is 0.429. The number of anilines is 2. The van der Waals surface area contributed by atoms with Crippen molar-refractivity contribution in [2.75, 3.05) is 22.9 Å². The van der Waals surface area contributed by atoms with E-state index in [1.807, 2.05) is 36.4 Å². The van der Waals surface area contributed by atoms with Gasteiger partial charge in [0, 0.05) is 37.6 Å². The number of hydrogen-bond donors (Lipinski definition) is 1. The Morgan fingerprint density at radius 1 is 0.786 bits per heavy atom. The van der Waals surface area contributed by atoms with E-state index in [2.05, 4.69) is 15.3 Å². The molecule has 2 amide bonds. The molecule has 5 heterocycles. The van der Waals surface area contributed by atoms with Gasteiger partial charge in [-0.15, -0.1) is 0 Å². The summed E-state index contributed by atoms with van der Waals surface area (Å²) in [5.74, 6) is 1.15. The zero-order chi connectivity index (χ0) is 19.1. The average Bonchev–Trinajstić information content (AvgIpc) is 2.75. The topological polar surface area (TPSA) is 78.4 Å². The van der Waals surface area contributed by atoms with Crippen molar-refractivity contribution in [1.82, 2.24) is 15.3 Å². The first-order valence-electron chi connectivity index (χ1n) is 9.93. The van der Waals surface area contributed by atoms with Crippen LogP contribution in [0.3, 0.4) is 0 Å². The molecule has 0 bridgehead atoms. The molecule has 3 aliphatic rings.